The molecule has 1 aromatic carbocycles. The fourth-order valence-electron chi connectivity index (χ4n) is 3.10. The Morgan fingerprint density at radius 3 is 2.90 bits per heavy atom. The van der Waals surface area contributed by atoms with Crippen molar-refractivity contribution in [3.63, 3.8) is 0 Å². The molecule has 1 heterocycles. The highest BCUT2D eigenvalue weighted by Crippen LogP contribution is 2.37. The van der Waals surface area contributed by atoms with E-state index in [9.17, 15) is 0 Å². The second kappa shape index (κ2) is 6.32. The summed E-state index contributed by atoms with van der Waals surface area (Å²) in [6.45, 7) is 3.10. The van der Waals surface area contributed by atoms with Gasteiger partial charge in [0.25, 0.3) is 0 Å². The highest BCUT2D eigenvalue weighted by molar-refractivity contribution is 9.10. The molecule has 0 atom stereocenters. The van der Waals surface area contributed by atoms with Crippen LogP contribution in [0.5, 0.6) is 0 Å². The van der Waals surface area contributed by atoms with Crippen LogP contribution in [0.25, 0.3) is 0 Å². The number of aromatic nitrogens is 2. The van der Waals surface area contributed by atoms with Gasteiger partial charge in [0.2, 0.25) is 0 Å². The number of halogens is 1. The first-order valence-electron chi connectivity index (χ1n) is 7.66. The molecule has 0 bridgehead atoms. The molecular weight excluding hydrogens is 326 g/mol. The maximum atomic E-state index is 4.49. The van der Waals surface area contributed by atoms with Gasteiger partial charge >= 0.3 is 0 Å². The molecule has 1 saturated carbocycles. The lowest BCUT2D eigenvalue weighted by atomic mass is 9.76. The third-order valence-electron chi connectivity index (χ3n) is 4.37. The Labute approximate surface area is 134 Å². The average molecular weight is 348 g/mol. The first-order chi connectivity index (χ1) is 10.2. The lowest BCUT2D eigenvalue weighted by Crippen LogP contribution is -2.39. The molecule has 21 heavy (non-hydrogen) atoms. The molecule has 2 aromatic rings. The van der Waals surface area contributed by atoms with Gasteiger partial charge in [-0.05, 0) is 42.9 Å². The van der Waals surface area contributed by atoms with Gasteiger partial charge in [-0.2, -0.15) is 5.10 Å². The number of nitrogens with one attached hydrogen (secondary N) is 1. The SMILES string of the molecule is CCc1nn(C)cc1CNC1CC(c2cccc(Br)c2)C1. The number of benzene rings is 1. The highest BCUT2D eigenvalue weighted by atomic mass is 79.9. The van der Waals surface area contributed by atoms with E-state index in [2.05, 4.69) is 63.7 Å². The predicted octanol–water partition coefficient (Wildman–Crippen LogP) is 3.78. The molecule has 1 fully saturated rings. The minimum Gasteiger partial charge on any atom is -0.310 e. The normalized spacial score (nSPS) is 21.3. The largest absolute Gasteiger partial charge is 0.310 e. The topological polar surface area (TPSA) is 29.9 Å². The molecule has 1 N–H and O–H groups in total. The molecule has 1 aliphatic rings. The monoisotopic (exact) mass is 347 g/mol. The lowest BCUT2D eigenvalue weighted by Gasteiger charge is -2.36. The van der Waals surface area contributed by atoms with Crippen molar-refractivity contribution >= 4 is 15.9 Å². The van der Waals surface area contributed by atoms with Gasteiger partial charge < -0.3 is 5.32 Å². The summed E-state index contributed by atoms with van der Waals surface area (Å²) in [5, 5.41) is 8.17. The third-order valence-corrected chi connectivity index (χ3v) is 4.86. The van der Waals surface area contributed by atoms with Crippen LogP contribution in [0.1, 0.15) is 42.5 Å². The fraction of sp³-hybridized carbons (Fsp3) is 0.471. The summed E-state index contributed by atoms with van der Waals surface area (Å²) in [7, 11) is 2.00. The van der Waals surface area contributed by atoms with E-state index in [1.54, 1.807) is 0 Å². The molecule has 3 nitrogen and oxygen atoms in total. The number of hydrogen-bond acceptors (Lipinski definition) is 2. The summed E-state index contributed by atoms with van der Waals surface area (Å²) >= 11 is 3.55. The summed E-state index contributed by atoms with van der Waals surface area (Å²) in [4.78, 5) is 0. The zero-order chi connectivity index (χ0) is 14.8. The van der Waals surface area contributed by atoms with Crippen LogP contribution in [-0.2, 0) is 20.0 Å². The number of hydrogen-bond donors (Lipinski definition) is 1. The van der Waals surface area contributed by atoms with Crippen molar-refractivity contribution in [1.29, 1.82) is 0 Å². The summed E-state index contributed by atoms with van der Waals surface area (Å²) in [5.74, 6) is 0.708. The molecule has 0 spiro atoms. The molecule has 0 saturated heterocycles. The molecule has 1 aliphatic carbocycles. The first-order valence-corrected chi connectivity index (χ1v) is 8.45. The maximum absolute atomic E-state index is 4.49. The second-order valence-electron chi connectivity index (χ2n) is 5.93. The molecule has 4 heteroatoms. The van der Waals surface area contributed by atoms with Crippen molar-refractivity contribution in [3.05, 3.63) is 51.8 Å². The van der Waals surface area contributed by atoms with Gasteiger partial charge in [-0.3, -0.25) is 4.68 Å². The van der Waals surface area contributed by atoms with Crippen LogP contribution in [0.2, 0.25) is 0 Å². The van der Waals surface area contributed by atoms with E-state index in [0.29, 0.717) is 12.0 Å². The number of aryl methyl sites for hydroxylation is 2. The quantitative estimate of drug-likeness (QED) is 0.891. The Balaban J connectivity index is 1.51. The van der Waals surface area contributed by atoms with E-state index in [4.69, 9.17) is 0 Å². The van der Waals surface area contributed by atoms with Crippen LogP contribution < -0.4 is 5.32 Å². The fourth-order valence-corrected chi connectivity index (χ4v) is 3.52. The van der Waals surface area contributed by atoms with Gasteiger partial charge in [0.05, 0.1) is 5.69 Å². The molecular formula is C17H22BrN3. The maximum Gasteiger partial charge on any atom is 0.0666 e. The summed E-state index contributed by atoms with van der Waals surface area (Å²) in [6.07, 6.45) is 5.61. The Morgan fingerprint density at radius 1 is 1.38 bits per heavy atom. The van der Waals surface area contributed by atoms with Gasteiger partial charge in [0.15, 0.2) is 0 Å². The number of nitrogens with zero attached hydrogens (tertiary/aromatic N) is 2. The summed E-state index contributed by atoms with van der Waals surface area (Å²) in [5.41, 5.74) is 4.01. The van der Waals surface area contributed by atoms with E-state index in [-0.39, 0.29) is 0 Å². The molecule has 0 aliphatic heterocycles. The van der Waals surface area contributed by atoms with Crippen molar-refractivity contribution in [1.82, 2.24) is 15.1 Å². The van der Waals surface area contributed by atoms with Crippen LogP contribution in [0, 0.1) is 0 Å². The van der Waals surface area contributed by atoms with Crippen molar-refractivity contribution < 1.29 is 0 Å². The van der Waals surface area contributed by atoms with E-state index < -0.39 is 0 Å². The summed E-state index contributed by atoms with van der Waals surface area (Å²) in [6, 6.07) is 9.34. The van der Waals surface area contributed by atoms with Crippen molar-refractivity contribution in [3.8, 4) is 0 Å². The molecule has 0 unspecified atom stereocenters. The van der Waals surface area contributed by atoms with Crippen LogP contribution in [-0.4, -0.2) is 15.8 Å². The van der Waals surface area contributed by atoms with Gasteiger partial charge in [0.1, 0.15) is 0 Å². The predicted molar refractivity (Wildman–Crippen MR) is 89.3 cm³/mol. The zero-order valence-corrected chi connectivity index (χ0v) is 14.2. The second-order valence-corrected chi connectivity index (χ2v) is 6.85. The van der Waals surface area contributed by atoms with Gasteiger partial charge in [0, 0.05) is 35.9 Å². The van der Waals surface area contributed by atoms with E-state index >= 15 is 0 Å². The van der Waals surface area contributed by atoms with Crippen LogP contribution in [0.15, 0.2) is 34.9 Å². The molecule has 0 amide bonds. The van der Waals surface area contributed by atoms with Gasteiger partial charge in [-0.15, -0.1) is 0 Å². The van der Waals surface area contributed by atoms with Gasteiger partial charge in [-0.1, -0.05) is 35.0 Å². The minimum atomic E-state index is 0.638. The first kappa shape index (κ1) is 14.8. The summed E-state index contributed by atoms with van der Waals surface area (Å²) < 4.78 is 3.10. The Bertz CT molecular complexity index is 614. The van der Waals surface area contributed by atoms with Gasteiger partial charge in [-0.25, -0.2) is 0 Å². The van der Waals surface area contributed by atoms with Crippen molar-refractivity contribution in [2.24, 2.45) is 7.05 Å². The van der Waals surface area contributed by atoms with E-state index in [0.717, 1.165) is 13.0 Å². The lowest BCUT2D eigenvalue weighted by molar-refractivity contribution is 0.289. The smallest absolute Gasteiger partial charge is 0.0666 e. The number of rotatable bonds is 5. The average Bonchev–Trinajstić information content (AvgIpc) is 2.77. The zero-order valence-electron chi connectivity index (χ0n) is 12.6. The van der Waals surface area contributed by atoms with E-state index in [1.807, 2.05) is 11.7 Å². The molecule has 3 rings (SSSR count). The molecule has 0 radical (unpaired) electrons. The van der Waals surface area contributed by atoms with Crippen molar-refractivity contribution in [2.45, 2.75) is 44.7 Å². The van der Waals surface area contributed by atoms with Crippen LogP contribution in [0.3, 0.4) is 0 Å². The minimum absolute atomic E-state index is 0.638. The molecule has 1 aromatic heterocycles. The van der Waals surface area contributed by atoms with Crippen LogP contribution >= 0.6 is 15.9 Å². The third kappa shape index (κ3) is 3.38. The van der Waals surface area contributed by atoms with Crippen molar-refractivity contribution in [2.75, 3.05) is 0 Å². The van der Waals surface area contributed by atoms with E-state index in [1.165, 1.54) is 34.1 Å². The Morgan fingerprint density at radius 2 is 2.19 bits per heavy atom. The standard InChI is InChI=1S/C17H22BrN3/c1-3-17-14(11-21(2)20-17)10-19-16-8-13(9-16)12-5-4-6-15(18)7-12/h4-7,11,13,16,19H,3,8-10H2,1-2H3. The highest BCUT2D eigenvalue weighted by Gasteiger charge is 2.30. The Hall–Kier alpha value is -1.13. The molecule has 112 valence electrons. The Kier molecular flexibility index (Phi) is 4.45. The van der Waals surface area contributed by atoms with Crippen LogP contribution in [0.4, 0.5) is 0 Å².